The van der Waals surface area contributed by atoms with Crippen LogP contribution in [0.3, 0.4) is 0 Å². The van der Waals surface area contributed by atoms with Gasteiger partial charge in [-0.2, -0.15) is 0 Å². The van der Waals surface area contributed by atoms with Crippen LogP contribution in [0.25, 0.3) is 5.76 Å². The van der Waals surface area contributed by atoms with Crippen LogP contribution in [-0.2, 0) is 16.2 Å². The lowest BCUT2D eigenvalue weighted by atomic mass is 9.95. The summed E-state index contributed by atoms with van der Waals surface area (Å²) in [5.41, 5.74) is 2.57. The van der Waals surface area contributed by atoms with E-state index in [1.165, 1.54) is 11.0 Å². The largest absolute Gasteiger partial charge is 0.507 e. The van der Waals surface area contributed by atoms with Gasteiger partial charge in [0.1, 0.15) is 23.9 Å². The molecule has 4 rings (SSSR count). The number of ether oxygens (including phenoxy) is 1. The average Bonchev–Trinajstić information content (AvgIpc) is 3.12. The number of benzene rings is 3. The molecule has 0 radical (unpaired) electrons. The van der Waals surface area contributed by atoms with Crippen LogP contribution in [0.2, 0.25) is 0 Å². The third-order valence-electron chi connectivity index (χ3n) is 6.36. The van der Waals surface area contributed by atoms with Crippen molar-refractivity contribution >= 4 is 17.4 Å². The second kappa shape index (κ2) is 11.4. The highest BCUT2D eigenvalue weighted by Gasteiger charge is 2.46. The summed E-state index contributed by atoms with van der Waals surface area (Å²) in [4.78, 5) is 29.4. The lowest BCUT2D eigenvalue weighted by molar-refractivity contribution is -0.140. The maximum absolute atomic E-state index is 14.9. The molecule has 0 aromatic heterocycles. The third kappa shape index (κ3) is 5.89. The quantitative estimate of drug-likeness (QED) is 0.251. The van der Waals surface area contributed by atoms with Crippen molar-refractivity contribution in [3.63, 3.8) is 0 Å². The molecule has 3 aromatic carbocycles. The Morgan fingerprint density at radius 2 is 1.76 bits per heavy atom. The molecule has 1 atom stereocenters. The van der Waals surface area contributed by atoms with E-state index in [2.05, 4.69) is 0 Å². The molecule has 3 aromatic rings. The SMILES string of the molecule is Cc1cccc(COc2ccc(C(O)=C3C(=O)C(=O)N(CCCN(C)C)[C@H]3c3ccccc3F)cc2)c1. The summed E-state index contributed by atoms with van der Waals surface area (Å²) >= 11 is 0. The fraction of sp³-hybridized carbons (Fsp3) is 0.267. The Balaban J connectivity index is 1.64. The molecule has 37 heavy (non-hydrogen) atoms. The van der Waals surface area contributed by atoms with Crippen LogP contribution in [0.1, 0.15) is 34.7 Å². The molecule has 6 nitrogen and oxygen atoms in total. The number of aliphatic hydroxyl groups is 1. The van der Waals surface area contributed by atoms with E-state index < -0.39 is 23.5 Å². The number of likely N-dealkylation sites (tertiary alicyclic amines) is 1. The number of carbonyl (C=O) groups is 2. The molecule has 192 valence electrons. The molecule has 0 unspecified atom stereocenters. The Morgan fingerprint density at radius 1 is 1.03 bits per heavy atom. The number of aryl methyl sites for hydroxylation is 1. The predicted octanol–water partition coefficient (Wildman–Crippen LogP) is 5.09. The summed E-state index contributed by atoms with van der Waals surface area (Å²) in [5.74, 6) is -1.86. The van der Waals surface area contributed by atoms with E-state index in [1.54, 1.807) is 42.5 Å². The van der Waals surface area contributed by atoms with Crippen LogP contribution in [-0.4, -0.2) is 53.8 Å². The number of halogens is 1. The van der Waals surface area contributed by atoms with E-state index in [9.17, 15) is 19.1 Å². The number of aliphatic hydroxyl groups excluding tert-OH is 1. The molecule has 0 spiro atoms. The number of rotatable bonds is 9. The molecule has 1 heterocycles. The van der Waals surface area contributed by atoms with Gasteiger partial charge in [-0.15, -0.1) is 0 Å². The van der Waals surface area contributed by atoms with Gasteiger partial charge in [0, 0.05) is 17.7 Å². The summed E-state index contributed by atoms with van der Waals surface area (Å²) in [5, 5.41) is 11.2. The highest BCUT2D eigenvalue weighted by molar-refractivity contribution is 6.46. The van der Waals surface area contributed by atoms with Gasteiger partial charge in [0.05, 0.1) is 11.6 Å². The molecule has 1 aliphatic heterocycles. The Morgan fingerprint density at radius 3 is 2.43 bits per heavy atom. The minimum Gasteiger partial charge on any atom is -0.507 e. The normalized spacial score (nSPS) is 17.0. The van der Waals surface area contributed by atoms with Crippen LogP contribution < -0.4 is 4.74 Å². The van der Waals surface area contributed by atoms with Crippen molar-refractivity contribution < 1.29 is 23.8 Å². The van der Waals surface area contributed by atoms with Crippen molar-refractivity contribution in [2.75, 3.05) is 27.2 Å². The molecular weight excluding hydrogens is 471 g/mol. The highest BCUT2D eigenvalue weighted by Crippen LogP contribution is 2.40. The van der Waals surface area contributed by atoms with Gasteiger partial charge in [-0.1, -0.05) is 48.0 Å². The lowest BCUT2D eigenvalue weighted by Gasteiger charge is -2.26. The first-order valence-electron chi connectivity index (χ1n) is 12.2. The zero-order chi connectivity index (χ0) is 26.5. The first kappa shape index (κ1) is 26.1. The summed E-state index contributed by atoms with van der Waals surface area (Å²) in [7, 11) is 3.83. The first-order valence-corrected chi connectivity index (χ1v) is 12.2. The second-order valence-corrected chi connectivity index (χ2v) is 9.47. The molecule has 1 fully saturated rings. The molecule has 0 aliphatic carbocycles. The van der Waals surface area contributed by atoms with Crippen LogP contribution in [0.5, 0.6) is 5.75 Å². The third-order valence-corrected chi connectivity index (χ3v) is 6.36. The summed E-state index contributed by atoms with van der Waals surface area (Å²) in [6.45, 7) is 3.35. The van der Waals surface area contributed by atoms with Gasteiger partial charge >= 0.3 is 0 Å². The van der Waals surface area contributed by atoms with Gasteiger partial charge in [-0.25, -0.2) is 4.39 Å². The van der Waals surface area contributed by atoms with Crippen molar-refractivity contribution in [3.05, 3.63) is 106 Å². The van der Waals surface area contributed by atoms with Gasteiger partial charge < -0.3 is 19.6 Å². The van der Waals surface area contributed by atoms with Crippen LogP contribution in [0.4, 0.5) is 4.39 Å². The van der Waals surface area contributed by atoms with Crippen molar-refractivity contribution in [3.8, 4) is 5.75 Å². The number of Topliss-reactive ketones (excluding diaryl/α,β-unsaturated/α-hetero) is 1. The average molecular weight is 503 g/mol. The minimum absolute atomic E-state index is 0.117. The fourth-order valence-corrected chi connectivity index (χ4v) is 4.52. The van der Waals surface area contributed by atoms with Crippen LogP contribution in [0.15, 0.2) is 78.4 Å². The standard InChI is InChI=1S/C30H31FN2O4/c1-20-8-6-9-21(18-20)19-37-23-14-12-22(13-15-23)28(34)26-27(24-10-4-5-11-25(24)31)33(30(36)29(26)35)17-7-16-32(2)3/h4-6,8-15,18,27,34H,7,16-17,19H2,1-3H3/t27-/m0/s1. The van der Waals surface area contributed by atoms with Crippen molar-refractivity contribution in [1.82, 2.24) is 9.80 Å². The zero-order valence-electron chi connectivity index (χ0n) is 21.3. The summed E-state index contributed by atoms with van der Waals surface area (Å²) in [6.07, 6.45) is 0.595. The monoisotopic (exact) mass is 502 g/mol. The van der Waals surface area contributed by atoms with Gasteiger partial charge in [-0.3, -0.25) is 9.59 Å². The van der Waals surface area contributed by atoms with E-state index in [1.807, 2.05) is 50.2 Å². The van der Waals surface area contributed by atoms with E-state index in [0.717, 1.165) is 11.1 Å². The minimum atomic E-state index is -1.01. The fourth-order valence-electron chi connectivity index (χ4n) is 4.52. The van der Waals surface area contributed by atoms with Crippen molar-refractivity contribution in [2.24, 2.45) is 0 Å². The number of carbonyl (C=O) groups excluding carboxylic acids is 2. The van der Waals surface area contributed by atoms with Crippen LogP contribution in [0, 0.1) is 12.7 Å². The molecule has 0 bridgehead atoms. The Kier molecular flexibility index (Phi) is 8.04. The van der Waals surface area contributed by atoms with E-state index in [0.29, 0.717) is 30.9 Å². The van der Waals surface area contributed by atoms with Crippen LogP contribution >= 0.6 is 0 Å². The Labute approximate surface area is 216 Å². The maximum atomic E-state index is 14.9. The first-order chi connectivity index (χ1) is 17.8. The smallest absolute Gasteiger partial charge is 0.295 e. The summed E-state index contributed by atoms with van der Waals surface area (Å²) < 4.78 is 20.7. The number of hydrogen-bond acceptors (Lipinski definition) is 5. The predicted molar refractivity (Wildman–Crippen MR) is 141 cm³/mol. The Bertz CT molecular complexity index is 1320. The van der Waals surface area contributed by atoms with E-state index in [-0.39, 0.29) is 23.4 Å². The topological polar surface area (TPSA) is 70.1 Å². The number of amides is 1. The van der Waals surface area contributed by atoms with Gasteiger partial charge in [0.2, 0.25) is 0 Å². The van der Waals surface area contributed by atoms with Crippen molar-refractivity contribution in [2.45, 2.75) is 26.0 Å². The zero-order valence-corrected chi connectivity index (χ0v) is 21.3. The lowest BCUT2D eigenvalue weighted by Crippen LogP contribution is -2.32. The van der Waals surface area contributed by atoms with E-state index >= 15 is 0 Å². The molecule has 1 aliphatic rings. The van der Waals surface area contributed by atoms with Gasteiger partial charge in [0.25, 0.3) is 11.7 Å². The van der Waals surface area contributed by atoms with Crippen molar-refractivity contribution in [1.29, 1.82) is 0 Å². The highest BCUT2D eigenvalue weighted by atomic mass is 19.1. The number of nitrogens with zero attached hydrogens (tertiary/aromatic N) is 2. The molecule has 1 amide bonds. The number of ketones is 1. The Hall–Kier alpha value is -3.97. The molecule has 0 saturated carbocycles. The molecule has 1 N–H and O–H groups in total. The van der Waals surface area contributed by atoms with Gasteiger partial charge in [0.15, 0.2) is 0 Å². The van der Waals surface area contributed by atoms with E-state index in [4.69, 9.17) is 4.74 Å². The van der Waals surface area contributed by atoms with Gasteiger partial charge in [-0.05, 0) is 69.9 Å². The molecule has 7 heteroatoms. The molecular formula is C30H31FN2O4. The second-order valence-electron chi connectivity index (χ2n) is 9.47. The number of hydrogen-bond donors (Lipinski definition) is 1. The summed E-state index contributed by atoms with van der Waals surface area (Å²) in [6, 6.07) is 19.7. The maximum Gasteiger partial charge on any atom is 0.295 e. The molecule has 1 saturated heterocycles.